The minimum Gasteiger partial charge on any atom is -0.380 e. The van der Waals surface area contributed by atoms with Crippen molar-refractivity contribution in [2.24, 2.45) is 5.92 Å². The Balaban J connectivity index is 2.15. The van der Waals surface area contributed by atoms with Crippen molar-refractivity contribution in [3.63, 3.8) is 0 Å². The van der Waals surface area contributed by atoms with Crippen LogP contribution in [-0.2, 0) is 9.53 Å². The molecule has 94 valence electrons. The molecule has 1 aliphatic rings. The Morgan fingerprint density at radius 2 is 2.19 bits per heavy atom. The third kappa shape index (κ3) is 4.62. The third-order valence-electron chi connectivity index (χ3n) is 3.43. The van der Waals surface area contributed by atoms with Gasteiger partial charge in [-0.1, -0.05) is 6.92 Å². The number of likely N-dealkylation sites (N-methyl/N-ethyl adjacent to an activating group) is 1. The van der Waals surface area contributed by atoms with Crippen LogP contribution in [0.3, 0.4) is 0 Å². The maximum absolute atomic E-state index is 11.5. The highest BCUT2D eigenvalue weighted by Crippen LogP contribution is 2.24. The molecule has 0 bridgehead atoms. The van der Waals surface area contributed by atoms with Gasteiger partial charge < -0.3 is 9.64 Å². The van der Waals surface area contributed by atoms with Gasteiger partial charge in [-0.15, -0.1) is 0 Å². The summed E-state index contributed by atoms with van der Waals surface area (Å²) in [4.78, 5) is 13.9. The lowest BCUT2D eigenvalue weighted by Crippen LogP contribution is -2.30. The van der Waals surface area contributed by atoms with Crippen LogP contribution in [0.5, 0.6) is 0 Å². The van der Waals surface area contributed by atoms with Crippen molar-refractivity contribution in [2.75, 3.05) is 32.8 Å². The molecule has 0 aliphatic heterocycles. The number of Topliss-reactive ketones (excluding diaryl/α,β-unsaturated/α-hetero) is 1. The molecule has 0 aromatic carbocycles. The second-order valence-corrected chi connectivity index (χ2v) is 4.48. The van der Waals surface area contributed by atoms with Gasteiger partial charge in [0.25, 0.3) is 0 Å². The molecule has 0 spiro atoms. The van der Waals surface area contributed by atoms with Gasteiger partial charge in [0.05, 0.1) is 6.61 Å². The van der Waals surface area contributed by atoms with Gasteiger partial charge in [-0.2, -0.15) is 0 Å². The normalized spacial score (nSPS) is 20.9. The average Bonchev–Trinajstić information content (AvgIpc) is 2.69. The fraction of sp³-hybridized carbons (Fsp3) is 0.923. The first-order valence-electron chi connectivity index (χ1n) is 6.60. The van der Waals surface area contributed by atoms with Crippen molar-refractivity contribution in [3.8, 4) is 0 Å². The summed E-state index contributed by atoms with van der Waals surface area (Å²) in [6.07, 6.45) is 4.07. The lowest BCUT2D eigenvalue weighted by molar-refractivity contribution is -0.120. The minimum atomic E-state index is 0.348. The van der Waals surface area contributed by atoms with Crippen molar-refractivity contribution >= 4 is 5.78 Å². The molecule has 0 N–H and O–H groups in total. The van der Waals surface area contributed by atoms with Gasteiger partial charge in [0.2, 0.25) is 0 Å². The van der Waals surface area contributed by atoms with Crippen LogP contribution in [0.25, 0.3) is 0 Å². The SMILES string of the molecule is CCOCCN(CC)CCC1CCCC1=O. The third-order valence-corrected chi connectivity index (χ3v) is 3.43. The Labute approximate surface area is 99.1 Å². The fourth-order valence-electron chi connectivity index (χ4n) is 2.30. The average molecular weight is 227 g/mol. The van der Waals surface area contributed by atoms with E-state index in [0.717, 1.165) is 58.5 Å². The van der Waals surface area contributed by atoms with Crippen LogP contribution in [0.1, 0.15) is 39.5 Å². The van der Waals surface area contributed by atoms with E-state index in [1.165, 1.54) is 0 Å². The van der Waals surface area contributed by atoms with E-state index in [2.05, 4.69) is 11.8 Å². The molecular formula is C13H25NO2. The number of hydrogen-bond acceptors (Lipinski definition) is 3. The molecule has 0 saturated heterocycles. The van der Waals surface area contributed by atoms with Crippen LogP contribution >= 0.6 is 0 Å². The van der Waals surface area contributed by atoms with Gasteiger partial charge in [0.15, 0.2) is 0 Å². The van der Waals surface area contributed by atoms with Crippen LogP contribution in [-0.4, -0.2) is 43.5 Å². The Hall–Kier alpha value is -0.410. The van der Waals surface area contributed by atoms with Gasteiger partial charge in [-0.25, -0.2) is 0 Å². The zero-order valence-corrected chi connectivity index (χ0v) is 10.7. The molecule has 0 heterocycles. The van der Waals surface area contributed by atoms with E-state index >= 15 is 0 Å². The minimum absolute atomic E-state index is 0.348. The number of hydrogen-bond donors (Lipinski definition) is 0. The summed E-state index contributed by atoms with van der Waals surface area (Å²) in [5, 5.41) is 0. The van der Waals surface area contributed by atoms with E-state index in [4.69, 9.17) is 4.74 Å². The molecular weight excluding hydrogens is 202 g/mol. The standard InChI is InChI=1S/C13H25NO2/c1-3-14(10-11-16-4-2)9-8-12-6-5-7-13(12)15/h12H,3-11H2,1-2H3. The first-order chi connectivity index (χ1) is 7.77. The molecule has 3 nitrogen and oxygen atoms in total. The molecule has 1 saturated carbocycles. The molecule has 1 atom stereocenters. The van der Waals surface area contributed by atoms with E-state index in [1.807, 2.05) is 6.92 Å². The van der Waals surface area contributed by atoms with Crippen molar-refractivity contribution in [1.82, 2.24) is 4.90 Å². The number of ether oxygens (including phenoxy) is 1. The van der Waals surface area contributed by atoms with Crippen molar-refractivity contribution in [3.05, 3.63) is 0 Å². The number of carbonyl (C=O) groups excluding carboxylic acids is 1. The number of nitrogens with zero attached hydrogens (tertiary/aromatic N) is 1. The van der Waals surface area contributed by atoms with E-state index in [-0.39, 0.29) is 0 Å². The molecule has 1 unspecified atom stereocenters. The maximum atomic E-state index is 11.5. The predicted molar refractivity (Wildman–Crippen MR) is 65.6 cm³/mol. The van der Waals surface area contributed by atoms with Gasteiger partial charge in [-0.05, 0) is 39.3 Å². The molecule has 0 aromatic rings. The van der Waals surface area contributed by atoms with Crippen LogP contribution in [0.2, 0.25) is 0 Å². The molecule has 0 radical (unpaired) electrons. The molecule has 16 heavy (non-hydrogen) atoms. The van der Waals surface area contributed by atoms with Crippen LogP contribution in [0.15, 0.2) is 0 Å². The Morgan fingerprint density at radius 3 is 2.75 bits per heavy atom. The highest BCUT2D eigenvalue weighted by Gasteiger charge is 2.24. The molecule has 0 aromatic heterocycles. The summed E-state index contributed by atoms with van der Waals surface area (Å²) in [7, 11) is 0. The maximum Gasteiger partial charge on any atom is 0.136 e. The Morgan fingerprint density at radius 1 is 1.38 bits per heavy atom. The second kappa shape index (κ2) is 7.80. The van der Waals surface area contributed by atoms with E-state index in [1.54, 1.807) is 0 Å². The highest BCUT2D eigenvalue weighted by atomic mass is 16.5. The fourth-order valence-corrected chi connectivity index (χ4v) is 2.30. The number of ketones is 1. The molecule has 0 amide bonds. The summed E-state index contributed by atoms with van der Waals surface area (Å²) in [6.45, 7) is 8.87. The van der Waals surface area contributed by atoms with Gasteiger partial charge in [-0.3, -0.25) is 4.79 Å². The van der Waals surface area contributed by atoms with Gasteiger partial charge in [0, 0.05) is 25.5 Å². The predicted octanol–water partition coefficient (Wildman–Crippen LogP) is 2.10. The second-order valence-electron chi connectivity index (χ2n) is 4.48. The van der Waals surface area contributed by atoms with E-state index in [9.17, 15) is 4.79 Å². The van der Waals surface area contributed by atoms with Gasteiger partial charge in [0.1, 0.15) is 5.78 Å². The van der Waals surface area contributed by atoms with Crippen molar-refractivity contribution in [2.45, 2.75) is 39.5 Å². The van der Waals surface area contributed by atoms with E-state index in [0.29, 0.717) is 11.7 Å². The zero-order chi connectivity index (χ0) is 11.8. The van der Waals surface area contributed by atoms with Crippen LogP contribution in [0, 0.1) is 5.92 Å². The van der Waals surface area contributed by atoms with Crippen molar-refractivity contribution < 1.29 is 9.53 Å². The van der Waals surface area contributed by atoms with Crippen LogP contribution < -0.4 is 0 Å². The molecule has 1 fully saturated rings. The zero-order valence-electron chi connectivity index (χ0n) is 10.7. The lowest BCUT2D eigenvalue weighted by Gasteiger charge is -2.21. The molecule has 1 aliphatic carbocycles. The summed E-state index contributed by atoms with van der Waals surface area (Å²) in [5.74, 6) is 0.835. The summed E-state index contributed by atoms with van der Waals surface area (Å²) < 4.78 is 5.35. The van der Waals surface area contributed by atoms with Crippen LogP contribution in [0.4, 0.5) is 0 Å². The molecule has 3 heteroatoms. The topological polar surface area (TPSA) is 29.5 Å². The quantitative estimate of drug-likeness (QED) is 0.595. The smallest absolute Gasteiger partial charge is 0.136 e. The van der Waals surface area contributed by atoms with E-state index < -0.39 is 0 Å². The largest absolute Gasteiger partial charge is 0.380 e. The molecule has 1 rings (SSSR count). The summed E-state index contributed by atoms with van der Waals surface area (Å²) >= 11 is 0. The monoisotopic (exact) mass is 227 g/mol. The Bertz CT molecular complexity index is 206. The first-order valence-corrected chi connectivity index (χ1v) is 6.60. The Kier molecular flexibility index (Phi) is 6.65. The van der Waals surface area contributed by atoms with Gasteiger partial charge >= 0.3 is 0 Å². The number of rotatable bonds is 8. The van der Waals surface area contributed by atoms with Crippen molar-refractivity contribution in [1.29, 1.82) is 0 Å². The number of carbonyl (C=O) groups is 1. The summed E-state index contributed by atoms with van der Waals surface area (Å²) in [6, 6.07) is 0. The lowest BCUT2D eigenvalue weighted by atomic mass is 10.0. The first kappa shape index (κ1) is 13.7. The highest BCUT2D eigenvalue weighted by molar-refractivity contribution is 5.82. The summed E-state index contributed by atoms with van der Waals surface area (Å²) in [5.41, 5.74) is 0.